The highest BCUT2D eigenvalue weighted by atomic mass is 16.6. The highest BCUT2D eigenvalue weighted by molar-refractivity contribution is 5.99. The van der Waals surface area contributed by atoms with Gasteiger partial charge in [-0.1, -0.05) is 24.3 Å². The maximum absolute atomic E-state index is 12.3. The lowest BCUT2D eigenvalue weighted by molar-refractivity contribution is -0.385. The Labute approximate surface area is 167 Å². The Kier molecular flexibility index (Phi) is 6.16. The number of ether oxygens (including phenoxy) is 1. The predicted octanol–water partition coefficient (Wildman–Crippen LogP) is 3.78. The zero-order valence-corrected chi connectivity index (χ0v) is 16.1. The number of hydrogen-bond donors (Lipinski definition) is 0. The largest absolute Gasteiger partial charge is 0.457 e. The van der Waals surface area contributed by atoms with Crippen molar-refractivity contribution in [2.24, 2.45) is 0 Å². The second kappa shape index (κ2) is 8.77. The molecule has 0 atom stereocenters. The first-order valence-electron chi connectivity index (χ1n) is 9.44. The molecule has 0 amide bonds. The quantitative estimate of drug-likeness (QED) is 0.292. The summed E-state index contributed by atoms with van der Waals surface area (Å²) in [4.78, 5) is 46.7. The zero-order chi connectivity index (χ0) is 21.0. The molecule has 0 bridgehead atoms. The van der Waals surface area contributed by atoms with E-state index >= 15 is 0 Å². The molecule has 0 fully saturated rings. The highest BCUT2D eigenvalue weighted by Crippen LogP contribution is 2.23. The van der Waals surface area contributed by atoms with Crippen LogP contribution in [0.25, 0.3) is 0 Å². The van der Waals surface area contributed by atoms with Crippen LogP contribution in [0.1, 0.15) is 56.7 Å². The second-order valence-electron chi connectivity index (χ2n) is 7.10. The second-order valence-corrected chi connectivity index (χ2v) is 7.10. The number of nitro benzene ring substituents is 1. The molecular formula is C22H21NO6. The van der Waals surface area contributed by atoms with Crippen molar-refractivity contribution in [3.8, 4) is 0 Å². The normalized spacial score (nSPS) is 12.3. The Hall–Kier alpha value is -3.35. The Bertz CT molecular complexity index is 995. The Morgan fingerprint density at radius 1 is 0.966 bits per heavy atom. The third-order valence-corrected chi connectivity index (χ3v) is 5.07. The molecule has 0 N–H and O–H groups in total. The van der Waals surface area contributed by atoms with Crippen molar-refractivity contribution in [3.63, 3.8) is 0 Å². The number of aryl methyl sites for hydroxylation is 3. The van der Waals surface area contributed by atoms with Gasteiger partial charge in [0.1, 0.15) is 0 Å². The monoisotopic (exact) mass is 395 g/mol. The molecule has 29 heavy (non-hydrogen) atoms. The van der Waals surface area contributed by atoms with Crippen LogP contribution in [-0.2, 0) is 22.4 Å². The Balaban J connectivity index is 1.50. The fourth-order valence-electron chi connectivity index (χ4n) is 3.39. The summed E-state index contributed by atoms with van der Waals surface area (Å²) in [6, 6.07) is 9.74. The van der Waals surface area contributed by atoms with Gasteiger partial charge in [-0.05, 0) is 43.4 Å². The van der Waals surface area contributed by atoms with Crippen molar-refractivity contribution < 1.29 is 24.0 Å². The van der Waals surface area contributed by atoms with Crippen molar-refractivity contribution in [1.29, 1.82) is 0 Å². The molecule has 1 aliphatic carbocycles. The van der Waals surface area contributed by atoms with Gasteiger partial charge in [0, 0.05) is 29.2 Å². The molecule has 2 aromatic carbocycles. The van der Waals surface area contributed by atoms with Crippen molar-refractivity contribution >= 4 is 23.2 Å². The molecule has 3 rings (SSSR count). The van der Waals surface area contributed by atoms with E-state index in [-0.39, 0.29) is 29.9 Å². The third-order valence-electron chi connectivity index (χ3n) is 5.07. The summed E-state index contributed by atoms with van der Waals surface area (Å²) < 4.78 is 4.94. The highest BCUT2D eigenvalue weighted by Gasteiger charge is 2.18. The van der Waals surface area contributed by atoms with Gasteiger partial charge in [0.2, 0.25) is 5.78 Å². The van der Waals surface area contributed by atoms with Crippen LogP contribution in [0, 0.1) is 17.0 Å². The van der Waals surface area contributed by atoms with E-state index in [2.05, 4.69) is 0 Å². The van der Waals surface area contributed by atoms with Crippen LogP contribution in [0.3, 0.4) is 0 Å². The van der Waals surface area contributed by atoms with Crippen molar-refractivity contribution in [2.45, 2.75) is 39.0 Å². The van der Waals surface area contributed by atoms with Crippen LogP contribution in [0.15, 0.2) is 36.4 Å². The smallest absolute Gasteiger partial charge is 0.306 e. The molecule has 1 aliphatic rings. The molecule has 0 unspecified atom stereocenters. The summed E-state index contributed by atoms with van der Waals surface area (Å²) in [5.74, 6) is -1.34. The van der Waals surface area contributed by atoms with E-state index in [9.17, 15) is 24.5 Å². The SMILES string of the molecule is Cc1ccc(C(=O)COC(=O)CCC(=O)c2ccc3c(c2)CCC3)cc1[N+](=O)[O-]. The predicted molar refractivity (Wildman–Crippen MR) is 105 cm³/mol. The summed E-state index contributed by atoms with van der Waals surface area (Å²) >= 11 is 0. The molecule has 7 nitrogen and oxygen atoms in total. The maximum Gasteiger partial charge on any atom is 0.306 e. The van der Waals surface area contributed by atoms with Gasteiger partial charge in [-0.25, -0.2) is 0 Å². The number of ketones is 2. The van der Waals surface area contributed by atoms with E-state index in [1.54, 1.807) is 13.0 Å². The van der Waals surface area contributed by atoms with Crippen LogP contribution in [-0.4, -0.2) is 29.1 Å². The van der Waals surface area contributed by atoms with Gasteiger partial charge in [0.05, 0.1) is 11.3 Å². The Morgan fingerprint density at radius 2 is 1.66 bits per heavy atom. The van der Waals surface area contributed by atoms with Crippen molar-refractivity contribution in [2.75, 3.05) is 6.61 Å². The lowest BCUT2D eigenvalue weighted by atomic mass is 10.0. The van der Waals surface area contributed by atoms with E-state index in [1.165, 1.54) is 29.3 Å². The molecule has 7 heteroatoms. The number of benzene rings is 2. The standard InChI is InChI=1S/C22H21NO6/c1-14-5-6-18(12-19(14)23(27)28)21(25)13-29-22(26)10-9-20(24)17-8-7-15-3-2-4-16(15)11-17/h5-8,11-12H,2-4,9-10,13H2,1H3. The van der Waals surface area contributed by atoms with E-state index in [0.717, 1.165) is 19.3 Å². The fourth-order valence-corrected chi connectivity index (χ4v) is 3.39. The van der Waals surface area contributed by atoms with Gasteiger partial charge < -0.3 is 4.74 Å². The number of carbonyl (C=O) groups is 3. The average Bonchev–Trinajstić information content (AvgIpc) is 3.18. The van der Waals surface area contributed by atoms with Gasteiger partial charge in [0.15, 0.2) is 12.4 Å². The van der Waals surface area contributed by atoms with Crippen molar-refractivity contribution in [3.05, 3.63) is 74.3 Å². The minimum absolute atomic E-state index is 0.00180. The molecule has 0 saturated heterocycles. The number of esters is 1. The molecule has 0 spiro atoms. The molecular weight excluding hydrogens is 374 g/mol. The van der Waals surface area contributed by atoms with E-state index < -0.39 is 23.3 Å². The molecule has 0 aromatic heterocycles. The first kappa shape index (κ1) is 20.4. The summed E-state index contributed by atoms with van der Waals surface area (Å²) in [6.45, 7) is 1.05. The number of hydrogen-bond acceptors (Lipinski definition) is 6. The van der Waals surface area contributed by atoms with Crippen molar-refractivity contribution in [1.82, 2.24) is 0 Å². The van der Waals surface area contributed by atoms with Gasteiger partial charge in [0.25, 0.3) is 5.69 Å². The van der Waals surface area contributed by atoms with Gasteiger partial charge in [-0.15, -0.1) is 0 Å². The molecule has 0 radical (unpaired) electrons. The van der Waals surface area contributed by atoms with Crippen LogP contribution in [0.5, 0.6) is 0 Å². The van der Waals surface area contributed by atoms with Crippen LogP contribution >= 0.6 is 0 Å². The zero-order valence-electron chi connectivity index (χ0n) is 16.1. The summed E-state index contributed by atoms with van der Waals surface area (Å²) in [5.41, 5.74) is 3.42. The molecule has 0 saturated carbocycles. The molecule has 0 aliphatic heterocycles. The Morgan fingerprint density at radius 3 is 2.41 bits per heavy atom. The summed E-state index contributed by atoms with van der Waals surface area (Å²) in [7, 11) is 0. The van der Waals surface area contributed by atoms with Crippen LogP contribution in [0.4, 0.5) is 5.69 Å². The lowest BCUT2D eigenvalue weighted by Crippen LogP contribution is -2.15. The average molecular weight is 395 g/mol. The third kappa shape index (κ3) is 4.93. The van der Waals surface area contributed by atoms with E-state index in [4.69, 9.17) is 4.74 Å². The first-order valence-corrected chi connectivity index (χ1v) is 9.44. The number of Topliss-reactive ketones (excluding diaryl/α,β-unsaturated/α-hetero) is 2. The lowest BCUT2D eigenvalue weighted by Gasteiger charge is -2.06. The van der Waals surface area contributed by atoms with Crippen LogP contribution < -0.4 is 0 Å². The molecule has 150 valence electrons. The minimum atomic E-state index is -0.658. The first-order chi connectivity index (χ1) is 13.8. The number of nitro groups is 1. The fraction of sp³-hybridized carbons (Fsp3) is 0.318. The number of fused-ring (bicyclic) bond motifs is 1. The topological polar surface area (TPSA) is 104 Å². The summed E-state index contributed by atoms with van der Waals surface area (Å²) in [5, 5.41) is 11.0. The molecule has 0 heterocycles. The van der Waals surface area contributed by atoms with E-state index in [1.807, 2.05) is 12.1 Å². The van der Waals surface area contributed by atoms with Gasteiger partial charge in [-0.3, -0.25) is 24.5 Å². The number of nitrogens with zero attached hydrogens (tertiary/aromatic N) is 1. The minimum Gasteiger partial charge on any atom is -0.457 e. The molecule has 2 aromatic rings. The number of rotatable bonds is 8. The van der Waals surface area contributed by atoms with Crippen LogP contribution in [0.2, 0.25) is 0 Å². The number of carbonyl (C=O) groups excluding carboxylic acids is 3. The maximum atomic E-state index is 12.3. The van der Waals surface area contributed by atoms with Gasteiger partial charge >= 0.3 is 5.97 Å². The van der Waals surface area contributed by atoms with Gasteiger partial charge in [-0.2, -0.15) is 0 Å². The summed E-state index contributed by atoms with van der Waals surface area (Å²) in [6.07, 6.45) is 2.97. The van der Waals surface area contributed by atoms with E-state index in [0.29, 0.717) is 11.1 Å².